The van der Waals surface area contributed by atoms with E-state index in [0.717, 1.165) is 72.7 Å². The number of piperidine rings is 1. The molecule has 0 saturated carbocycles. The van der Waals surface area contributed by atoms with Crippen molar-refractivity contribution in [2.75, 3.05) is 62.4 Å². The molecule has 0 N–H and O–H groups in total. The van der Waals surface area contributed by atoms with Crippen LogP contribution in [0.5, 0.6) is 0 Å². The maximum Gasteiger partial charge on any atom is 0.232 e. The van der Waals surface area contributed by atoms with Gasteiger partial charge >= 0.3 is 0 Å². The summed E-state index contributed by atoms with van der Waals surface area (Å²) in [7, 11) is 0. The molecule has 10 heteroatoms. The van der Waals surface area contributed by atoms with E-state index in [0.29, 0.717) is 37.9 Å². The highest BCUT2D eigenvalue weighted by molar-refractivity contribution is 6.06. The van der Waals surface area contributed by atoms with Gasteiger partial charge in [-0.05, 0) is 29.8 Å². The van der Waals surface area contributed by atoms with Crippen molar-refractivity contribution in [3.8, 4) is 22.5 Å². The van der Waals surface area contributed by atoms with Crippen molar-refractivity contribution in [3.05, 3.63) is 54.7 Å². The van der Waals surface area contributed by atoms with Gasteiger partial charge in [-0.15, -0.1) is 0 Å². The van der Waals surface area contributed by atoms with Crippen LogP contribution in [-0.2, 0) is 14.2 Å². The molecule has 3 saturated heterocycles. The van der Waals surface area contributed by atoms with E-state index in [1.54, 1.807) is 12.1 Å². The summed E-state index contributed by atoms with van der Waals surface area (Å²) in [6.07, 6.45) is 4.86. The van der Waals surface area contributed by atoms with Crippen molar-refractivity contribution in [3.63, 3.8) is 0 Å². The summed E-state index contributed by atoms with van der Waals surface area (Å²) in [6, 6.07) is 10.5. The number of morpholine rings is 1. The fourth-order valence-electron chi connectivity index (χ4n) is 5.60. The lowest BCUT2D eigenvalue weighted by atomic mass is 9.98. The van der Waals surface area contributed by atoms with Crippen LogP contribution in [0.1, 0.15) is 12.8 Å². The van der Waals surface area contributed by atoms with Crippen LogP contribution in [0.15, 0.2) is 53.3 Å². The number of ether oxygens (including phenoxy) is 3. The van der Waals surface area contributed by atoms with Crippen molar-refractivity contribution in [2.24, 2.45) is 0 Å². The third kappa shape index (κ3) is 4.18. The molecule has 3 aliphatic heterocycles. The van der Waals surface area contributed by atoms with Crippen LogP contribution >= 0.6 is 0 Å². The van der Waals surface area contributed by atoms with Gasteiger partial charge in [0.25, 0.3) is 0 Å². The second-order valence-corrected chi connectivity index (χ2v) is 9.79. The van der Waals surface area contributed by atoms with Gasteiger partial charge in [-0.1, -0.05) is 12.1 Å². The topological polar surface area (TPSA) is 86.0 Å². The Kier molecular flexibility index (Phi) is 5.95. The number of nitrogens with zero attached hydrogens (tertiary/aromatic N) is 5. The van der Waals surface area contributed by atoms with Crippen molar-refractivity contribution < 1.29 is 23.0 Å². The number of pyridine rings is 1. The van der Waals surface area contributed by atoms with E-state index in [4.69, 9.17) is 28.6 Å². The van der Waals surface area contributed by atoms with Crippen molar-refractivity contribution in [1.82, 2.24) is 15.0 Å². The summed E-state index contributed by atoms with van der Waals surface area (Å²) in [5, 5.41) is 0.801. The second kappa shape index (κ2) is 9.61. The summed E-state index contributed by atoms with van der Waals surface area (Å²) in [4.78, 5) is 18.3. The van der Waals surface area contributed by atoms with E-state index >= 15 is 0 Å². The first-order chi connectivity index (χ1) is 18.7. The zero-order valence-corrected chi connectivity index (χ0v) is 20.9. The van der Waals surface area contributed by atoms with Crippen LogP contribution in [0.4, 0.5) is 16.0 Å². The third-order valence-corrected chi connectivity index (χ3v) is 7.58. The number of rotatable bonds is 4. The number of halogens is 1. The standard InChI is InChI=1S/C28H28FN5O4/c29-21-4-1-19(2-5-21)23-24-26(34-9-7-28(8-10-34)36-15-16-37-28)31-18-32-27(24)38-25(23)20-3-6-22(30-17-20)33-11-13-35-14-12-33/h1-6,17-18H,7-16H2. The Morgan fingerprint density at radius 2 is 1.50 bits per heavy atom. The Bertz CT molecular complexity index is 1420. The Labute approximate surface area is 219 Å². The summed E-state index contributed by atoms with van der Waals surface area (Å²) in [6.45, 7) is 5.73. The van der Waals surface area contributed by atoms with Gasteiger partial charge in [0.05, 0.1) is 31.8 Å². The number of anilines is 2. The lowest BCUT2D eigenvalue weighted by Gasteiger charge is -2.38. The molecule has 0 atom stereocenters. The molecule has 7 rings (SSSR count). The first-order valence-electron chi connectivity index (χ1n) is 13.0. The lowest BCUT2D eigenvalue weighted by molar-refractivity contribution is -0.169. The summed E-state index contributed by atoms with van der Waals surface area (Å²) in [5.41, 5.74) is 2.94. The first kappa shape index (κ1) is 23.5. The van der Waals surface area contributed by atoms with Crippen LogP contribution in [0.3, 0.4) is 0 Å². The minimum absolute atomic E-state index is 0.297. The Balaban J connectivity index is 1.31. The Morgan fingerprint density at radius 1 is 0.763 bits per heavy atom. The number of furan rings is 1. The van der Waals surface area contributed by atoms with Gasteiger partial charge in [0.15, 0.2) is 5.79 Å². The van der Waals surface area contributed by atoms with Crippen LogP contribution in [0.2, 0.25) is 0 Å². The van der Waals surface area contributed by atoms with Crippen molar-refractivity contribution in [1.29, 1.82) is 0 Å². The van der Waals surface area contributed by atoms with Gasteiger partial charge in [-0.3, -0.25) is 0 Å². The van der Waals surface area contributed by atoms with E-state index in [-0.39, 0.29) is 5.82 Å². The van der Waals surface area contributed by atoms with E-state index in [9.17, 15) is 4.39 Å². The molecule has 0 amide bonds. The summed E-state index contributed by atoms with van der Waals surface area (Å²) in [5.74, 6) is 1.53. The molecular formula is C28H28FN5O4. The van der Waals surface area contributed by atoms with Crippen molar-refractivity contribution >= 4 is 22.7 Å². The van der Waals surface area contributed by atoms with E-state index in [1.807, 2.05) is 18.3 Å². The van der Waals surface area contributed by atoms with E-state index < -0.39 is 5.79 Å². The quantitative estimate of drug-likeness (QED) is 0.394. The molecule has 3 aromatic heterocycles. The molecule has 3 fully saturated rings. The highest BCUT2D eigenvalue weighted by Gasteiger charge is 2.40. The average Bonchev–Trinajstić information content (AvgIpc) is 3.59. The van der Waals surface area contributed by atoms with Gasteiger partial charge in [-0.2, -0.15) is 0 Å². The predicted molar refractivity (Wildman–Crippen MR) is 140 cm³/mol. The summed E-state index contributed by atoms with van der Waals surface area (Å²) >= 11 is 0. The zero-order chi connectivity index (χ0) is 25.5. The van der Waals surface area contributed by atoms with Gasteiger partial charge in [0, 0.05) is 56.3 Å². The number of hydrogen-bond acceptors (Lipinski definition) is 9. The highest BCUT2D eigenvalue weighted by Crippen LogP contribution is 2.44. The molecule has 4 aromatic rings. The zero-order valence-electron chi connectivity index (χ0n) is 20.9. The largest absolute Gasteiger partial charge is 0.437 e. The van der Waals surface area contributed by atoms with Gasteiger partial charge < -0.3 is 28.4 Å². The molecule has 0 radical (unpaired) electrons. The number of aromatic nitrogens is 3. The molecule has 196 valence electrons. The fraction of sp³-hybridized carbons (Fsp3) is 0.393. The predicted octanol–water partition coefficient (Wildman–Crippen LogP) is 4.27. The maximum atomic E-state index is 13.9. The van der Waals surface area contributed by atoms with E-state index in [1.165, 1.54) is 18.5 Å². The molecule has 0 bridgehead atoms. The molecule has 9 nitrogen and oxygen atoms in total. The molecule has 1 spiro atoms. The molecule has 6 heterocycles. The number of fused-ring (bicyclic) bond motifs is 1. The lowest BCUT2D eigenvalue weighted by Crippen LogP contribution is -2.45. The normalized spacial score (nSPS) is 19.5. The van der Waals surface area contributed by atoms with Gasteiger partial charge in [-0.25, -0.2) is 19.3 Å². The minimum atomic E-state index is -0.488. The molecule has 1 aromatic carbocycles. The Hall–Kier alpha value is -3.60. The monoisotopic (exact) mass is 517 g/mol. The molecular weight excluding hydrogens is 489 g/mol. The van der Waals surface area contributed by atoms with Gasteiger partial charge in [0.1, 0.15) is 29.5 Å². The van der Waals surface area contributed by atoms with Crippen molar-refractivity contribution in [2.45, 2.75) is 18.6 Å². The number of benzene rings is 1. The second-order valence-electron chi connectivity index (χ2n) is 9.79. The maximum absolute atomic E-state index is 13.9. The molecule has 0 unspecified atom stereocenters. The highest BCUT2D eigenvalue weighted by atomic mass is 19.1. The van der Waals surface area contributed by atoms with Crippen LogP contribution < -0.4 is 9.80 Å². The average molecular weight is 518 g/mol. The first-order valence-corrected chi connectivity index (χ1v) is 13.0. The minimum Gasteiger partial charge on any atom is -0.437 e. The third-order valence-electron chi connectivity index (χ3n) is 7.58. The fourth-order valence-corrected chi connectivity index (χ4v) is 5.60. The van der Waals surface area contributed by atoms with E-state index in [2.05, 4.69) is 14.8 Å². The Morgan fingerprint density at radius 3 is 2.21 bits per heavy atom. The smallest absolute Gasteiger partial charge is 0.232 e. The van der Waals surface area contributed by atoms with Gasteiger partial charge in [0.2, 0.25) is 5.71 Å². The molecule has 0 aliphatic carbocycles. The van der Waals surface area contributed by atoms with Crippen LogP contribution in [0.25, 0.3) is 33.6 Å². The molecule has 38 heavy (non-hydrogen) atoms. The SMILES string of the molecule is Fc1ccc(-c2c(-c3ccc(N4CCOCC4)nc3)oc3ncnc(N4CCC5(CC4)OCCO5)c23)cc1. The van der Waals surface area contributed by atoms with Crippen LogP contribution in [0, 0.1) is 5.82 Å². The summed E-state index contributed by atoms with van der Waals surface area (Å²) < 4.78 is 37.6. The van der Waals surface area contributed by atoms with Crippen LogP contribution in [-0.4, -0.2) is 73.3 Å². The molecule has 3 aliphatic rings. The number of hydrogen-bond donors (Lipinski definition) is 0.